The molecule has 0 radical (unpaired) electrons. The largest absolute Gasteiger partial charge is 0.341 e. The van der Waals surface area contributed by atoms with Crippen molar-refractivity contribution < 1.29 is 4.21 Å². The predicted octanol–water partition coefficient (Wildman–Crippen LogP) is 2.85. The van der Waals surface area contributed by atoms with Crippen molar-refractivity contribution in [3.8, 4) is 0 Å². The second-order valence-electron chi connectivity index (χ2n) is 5.94. The molecule has 2 aromatic rings. The Morgan fingerprint density at radius 3 is 2.81 bits per heavy atom. The first kappa shape index (κ1) is 16.4. The summed E-state index contributed by atoms with van der Waals surface area (Å²) in [5.74, 6) is 1.27. The van der Waals surface area contributed by atoms with Gasteiger partial charge in [0.2, 0.25) is 0 Å². The normalized spacial score (nSPS) is 15.3. The number of alkyl halides is 1. The van der Waals surface area contributed by atoms with Crippen molar-refractivity contribution in [3.63, 3.8) is 0 Å². The lowest BCUT2D eigenvalue weighted by Gasteiger charge is -2.20. The zero-order valence-corrected chi connectivity index (χ0v) is 14.3. The van der Waals surface area contributed by atoms with Crippen molar-refractivity contribution in [2.45, 2.75) is 44.9 Å². The molecule has 0 aliphatic carbocycles. The van der Waals surface area contributed by atoms with Gasteiger partial charge in [0.05, 0.1) is 33.0 Å². The highest BCUT2D eigenvalue weighted by Gasteiger charge is 2.23. The van der Waals surface area contributed by atoms with E-state index in [0.717, 1.165) is 22.6 Å². The van der Waals surface area contributed by atoms with E-state index < -0.39 is 11.0 Å². The van der Waals surface area contributed by atoms with Crippen LogP contribution in [0.1, 0.15) is 45.3 Å². The first-order valence-electron chi connectivity index (χ1n) is 6.90. The number of fused-ring (bicyclic) bond motifs is 1. The van der Waals surface area contributed by atoms with Gasteiger partial charge >= 0.3 is 0 Å². The summed E-state index contributed by atoms with van der Waals surface area (Å²) in [4.78, 5) is 12.2. The van der Waals surface area contributed by atoms with Crippen molar-refractivity contribution in [2.24, 2.45) is 0 Å². The molecule has 2 rings (SSSR count). The molecule has 2 aromatic heterocycles. The second kappa shape index (κ2) is 6.42. The Labute approximate surface area is 132 Å². The van der Waals surface area contributed by atoms with E-state index in [0.29, 0.717) is 12.3 Å². The van der Waals surface area contributed by atoms with Gasteiger partial charge in [-0.1, -0.05) is 0 Å². The van der Waals surface area contributed by atoms with Crippen LogP contribution in [0.25, 0.3) is 11.0 Å². The van der Waals surface area contributed by atoms with Gasteiger partial charge in [0, 0.05) is 18.5 Å². The lowest BCUT2D eigenvalue weighted by atomic mass is 10.2. The lowest BCUT2D eigenvalue weighted by molar-refractivity contribution is 0.607. The van der Waals surface area contributed by atoms with E-state index in [1.54, 1.807) is 6.20 Å². The molecular weight excluding hydrogens is 308 g/mol. The van der Waals surface area contributed by atoms with Crippen LogP contribution in [0.4, 0.5) is 0 Å². The van der Waals surface area contributed by atoms with E-state index in [-0.39, 0.29) is 10.8 Å². The number of hydrogen-bond acceptors (Lipinski definition) is 3. The van der Waals surface area contributed by atoms with E-state index in [9.17, 15) is 4.21 Å². The molecule has 0 spiro atoms. The zero-order chi connectivity index (χ0) is 15.6. The quantitative estimate of drug-likeness (QED) is 0.829. The fraction of sp³-hybridized carbons (Fsp3) is 0.571. The summed E-state index contributed by atoms with van der Waals surface area (Å²) in [7, 11) is -1.15. The zero-order valence-electron chi connectivity index (χ0n) is 12.7. The molecule has 21 heavy (non-hydrogen) atoms. The van der Waals surface area contributed by atoms with E-state index in [1.165, 1.54) is 0 Å². The summed E-state index contributed by atoms with van der Waals surface area (Å²) in [6.45, 7) is 7.74. The third-order valence-electron chi connectivity index (χ3n) is 3.08. The predicted molar refractivity (Wildman–Crippen MR) is 87.8 cm³/mol. The minimum absolute atomic E-state index is 0.138. The van der Waals surface area contributed by atoms with Gasteiger partial charge in [0.15, 0.2) is 0 Å². The summed E-state index contributed by atoms with van der Waals surface area (Å²) in [5, 5.41) is 0. The summed E-state index contributed by atoms with van der Waals surface area (Å²) in [5.41, 5.74) is 2.65. The summed E-state index contributed by atoms with van der Waals surface area (Å²) in [6.07, 6.45) is 2.43. The van der Waals surface area contributed by atoms with E-state index in [1.807, 2.05) is 33.8 Å². The maximum absolute atomic E-state index is 12.2. The average Bonchev–Trinajstić information content (AvgIpc) is 2.83. The molecule has 2 atom stereocenters. The Morgan fingerprint density at radius 1 is 1.48 bits per heavy atom. The average molecular weight is 329 g/mol. The van der Waals surface area contributed by atoms with Gasteiger partial charge in [-0.05, 0) is 33.8 Å². The topological polar surface area (TPSA) is 70.7 Å². The number of hydrogen-bond donors (Lipinski definition) is 2. The van der Waals surface area contributed by atoms with Crippen molar-refractivity contribution in [1.82, 2.24) is 19.7 Å². The number of pyridine rings is 1. The monoisotopic (exact) mass is 328 g/mol. The number of aryl methyl sites for hydroxylation is 1. The van der Waals surface area contributed by atoms with Crippen LogP contribution in [0.15, 0.2) is 12.3 Å². The molecule has 2 unspecified atom stereocenters. The standard InChI is InChI=1S/C14H21ClN4OS/c1-9(19-21(20)14(2,3)4)13-17-11-6-8-16-10(5-7-15)12(11)18-13/h6,8-9,19H,5,7H2,1-4H3,(H,17,18). The van der Waals surface area contributed by atoms with Crippen molar-refractivity contribution in [3.05, 3.63) is 23.8 Å². The smallest absolute Gasteiger partial charge is 0.125 e. The summed E-state index contributed by atoms with van der Waals surface area (Å²) in [6, 6.07) is 1.75. The number of nitrogens with one attached hydrogen (secondary N) is 2. The fourth-order valence-electron chi connectivity index (χ4n) is 1.88. The molecule has 0 saturated carbocycles. The third-order valence-corrected chi connectivity index (χ3v) is 4.95. The minimum atomic E-state index is -1.15. The molecule has 0 aromatic carbocycles. The molecule has 116 valence electrons. The molecular formula is C14H21ClN4OS. The third kappa shape index (κ3) is 3.81. The first-order valence-corrected chi connectivity index (χ1v) is 8.59. The van der Waals surface area contributed by atoms with Crippen molar-refractivity contribution >= 4 is 33.6 Å². The molecule has 0 saturated heterocycles. The van der Waals surface area contributed by atoms with Gasteiger partial charge in [-0.2, -0.15) is 0 Å². The highest BCUT2D eigenvalue weighted by atomic mass is 35.5. The van der Waals surface area contributed by atoms with E-state index >= 15 is 0 Å². The van der Waals surface area contributed by atoms with Gasteiger partial charge in [-0.3, -0.25) is 4.98 Å². The molecule has 5 nitrogen and oxygen atoms in total. The highest BCUT2D eigenvalue weighted by molar-refractivity contribution is 7.84. The molecule has 2 N–H and O–H groups in total. The van der Waals surface area contributed by atoms with Crippen LogP contribution in [0.2, 0.25) is 0 Å². The van der Waals surface area contributed by atoms with Gasteiger partial charge in [-0.25, -0.2) is 13.9 Å². The Morgan fingerprint density at radius 2 is 2.19 bits per heavy atom. The molecule has 0 aliphatic rings. The Hall–Kier alpha value is -0.980. The molecule has 7 heteroatoms. The number of imidazole rings is 1. The van der Waals surface area contributed by atoms with Crippen LogP contribution >= 0.6 is 11.6 Å². The maximum atomic E-state index is 12.2. The van der Waals surface area contributed by atoms with Crippen LogP contribution in [0.3, 0.4) is 0 Å². The SMILES string of the molecule is CC(NS(=O)C(C)(C)C)c1nc2c(CCCl)nccc2[nH]1. The number of aromatic amines is 1. The molecule has 0 bridgehead atoms. The number of nitrogens with zero attached hydrogens (tertiary/aromatic N) is 2. The Bertz CT molecular complexity index is 650. The number of halogens is 1. The van der Waals surface area contributed by atoms with Gasteiger partial charge in [0.1, 0.15) is 11.3 Å². The maximum Gasteiger partial charge on any atom is 0.125 e. The lowest BCUT2D eigenvalue weighted by Crippen LogP contribution is -2.35. The van der Waals surface area contributed by atoms with Gasteiger partial charge in [-0.15, -0.1) is 11.6 Å². The summed E-state index contributed by atoms with van der Waals surface area (Å²) >= 11 is 5.79. The number of H-pyrrole nitrogens is 1. The second-order valence-corrected chi connectivity index (χ2v) is 8.31. The van der Waals surface area contributed by atoms with E-state index in [4.69, 9.17) is 11.6 Å². The van der Waals surface area contributed by atoms with Crippen molar-refractivity contribution in [1.29, 1.82) is 0 Å². The van der Waals surface area contributed by atoms with Crippen LogP contribution in [0.5, 0.6) is 0 Å². The molecule has 0 aliphatic heterocycles. The van der Waals surface area contributed by atoms with Gasteiger partial charge < -0.3 is 4.98 Å². The number of aromatic nitrogens is 3. The van der Waals surface area contributed by atoms with Crippen molar-refractivity contribution in [2.75, 3.05) is 5.88 Å². The van der Waals surface area contributed by atoms with Crippen LogP contribution < -0.4 is 4.72 Å². The Balaban J connectivity index is 2.26. The van der Waals surface area contributed by atoms with Crippen LogP contribution in [-0.4, -0.2) is 29.8 Å². The van der Waals surface area contributed by atoms with Gasteiger partial charge in [0.25, 0.3) is 0 Å². The Kier molecular flexibility index (Phi) is 5.01. The molecule has 0 amide bonds. The highest BCUT2D eigenvalue weighted by Crippen LogP contribution is 2.20. The fourth-order valence-corrected chi connectivity index (χ4v) is 2.85. The summed E-state index contributed by atoms with van der Waals surface area (Å²) < 4.78 is 14.9. The minimum Gasteiger partial charge on any atom is -0.341 e. The van der Waals surface area contributed by atoms with Crippen LogP contribution in [-0.2, 0) is 17.4 Å². The molecule has 0 fully saturated rings. The first-order chi connectivity index (χ1) is 9.82. The molecule has 2 heterocycles. The number of rotatable bonds is 5. The van der Waals surface area contributed by atoms with Crippen LogP contribution in [0, 0.1) is 0 Å². The van der Waals surface area contributed by atoms with E-state index in [2.05, 4.69) is 19.7 Å².